The molecule has 3 nitrogen and oxygen atoms in total. The second-order valence-corrected chi connectivity index (χ2v) is 4.45. The van der Waals surface area contributed by atoms with Crippen LogP contribution in [0.4, 0.5) is 0 Å². The van der Waals surface area contributed by atoms with Gasteiger partial charge in [0.25, 0.3) is 0 Å². The molecule has 1 heterocycles. The SMILES string of the molecule is CSc1ccc(Cl)cc1-c1[nH]ncc1C=O. The van der Waals surface area contributed by atoms with Gasteiger partial charge in [0, 0.05) is 15.5 Å². The predicted octanol–water partition coefficient (Wildman–Crippen LogP) is 3.26. The van der Waals surface area contributed by atoms with Crippen LogP contribution in [0.25, 0.3) is 11.3 Å². The zero-order valence-corrected chi connectivity index (χ0v) is 10.1. The first-order valence-electron chi connectivity index (χ1n) is 4.58. The fourth-order valence-electron chi connectivity index (χ4n) is 1.48. The topological polar surface area (TPSA) is 45.8 Å². The predicted molar refractivity (Wildman–Crippen MR) is 66.2 cm³/mol. The van der Waals surface area contributed by atoms with Crippen molar-refractivity contribution in [3.8, 4) is 11.3 Å². The van der Waals surface area contributed by atoms with E-state index >= 15 is 0 Å². The Morgan fingerprint density at radius 2 is 2.31 bits per heavy atom. The Morgan fingerprint density at radius 1 is 1.50 bits per heavy atom. The molecule has 0 aliphatic rings. The Labute approximate surface area is 102 Å². The Balaban J connectivity index is 2.62. The first-order valence-corrected chi connectivity index (χ1v) is 6.19. The maximum absolute atomic E-state index is 10.8. The number of hydrogen-bond acceptors (Lipinski definition) is 3. The van der Waals surface area contributed by atoms with Gasteiger partial charge in [0.2, 0.25) is 0 Å². The van der Waals surface area contributed by atoms with Crippen molar-refractivity contribution < 1.29 is 4.79 Å². The van der Waals surface area contributed by atoms with Gasteiger partial charge in [-0.1, -0.05) is 11.6 Å². The lowest BCUT2D eigenvalue weighted by atomic mass is 10.1. The van der Waals surface area contributed by atoms with Crippen molar-refractivity contribution in [2.24, 2.45) is 0 Å². The number of halogens is 1. The smallest absolute Gasteiger partial charge is 0.153 e. The van der Waals surface area contributed by atoms with Gasteiger partial charge < -0.3 is 0 Å². The second-order valence-electron chi connectivity index (χ2n) is 3.16. The highest BCUT2D eigenvalue weighted by atomic mass is 35.5. The van der Waals surface area contributed by atoms with Crippen LogP contribution in [0.15, 0.2) is 29.3 Å². The molecule has 0 aliphatic carbocycles. The minimum Gasteiger partial charge on any atom is -0.298 e. The Bertz CT molecular complexity index is 524. The van der Waals surface area contributed by atoms with E-state index in [-0.39, 0.29) is 0 Å². The molecule has 0 saturated carbocycles. The molecule has 82 valence electrons. The van der Waals surface area contributed by atoms with E-state index in [4.69, 9.17) is 11.6 Å². The van der Waals surface area contributed by atoms with Crippen molar-refractivity contribution in [2.45, 2.75) is 4.90 Å². The number of nitrogens with one attached hydrogen (secondary N) is 1. The lowest BCUT2D eigenvalue weighted by Gasteiger charge is -2.06. The Hall–Kier alpha value is -1.26. The van der Waals surface area contributed by atoms with Gasteiger partial charge in [-0.15, -0.1) is 11.8 Å². The Morgan fingerprint density at radius 3 is 3.00 bits per heavy atom. The summed E-state index contributed by atoms with van der Waals surface area (Å²) in [6.45, 7) is 0. The van der Waals surface area contributed by atoms with Crippen molar-refractivity contribution in [3.05, 3.63) is 35.0 Å². The zero-order valence-electron chi connectivity index (χ0n) is 8.53. The minimum atomic E-state index is 0.539. The first-order chi connectivity index (χ1) is 7.76. The molecule has 0 saturated heterocycles. The quantitative estimate of drug-likeness (QED) is 0.674. The molecule has 0 atom stereocenters. The summed E-state index contributed by atoms with van der Waals surface area (Å²) in [5, 5.41) is 7.33. The summed E-state index contributed by atoms with van der Waals surface area (Å²) in [5.74, 6) is 0. The highest BCUT2D eigenvalue weighted by Gasteiger charge is 2.11. The van der Waals surface area contributed by atoms with Gasteiger partial charge in [0.05, 0.1) is 17.5 Å². The maximum Gasteiger partial charge on any atom is 0.153 e. The number of thioether (sulfide) groups is 1. The standard InChI is InChI=1S/C11H9ClN2OS/c1-16-10-3-2-8(12)4-9(10)11-7(6-15)5-13-14-11/h2-6H,1H3,(H,13,14). The van der Waals surface area contributed by atoms with Crippen LogP contribution in [-0.2, 0) is 0 Å². The van der Waals surface area contributed by atoms with Gasteiger partial charge in [-0.05, 0) is 24.5 Å². The van der Waals surface area contributed by atoms with Crippen LogP contribution >= 0.6 is 23.4 Å². The lowest BCUT2D eigenvalue weighted by molar-refractivity contribution is 0.112. The van der Waals surface area contributed by atoms with E-state index in [0.29, 0.717) is 16.3 Å². The molecule has 1 aromatic carbocycles. The molecule has 2 rings (SSSR count). The fourth-order valence-corrected chi connectivity index (χ4v) is 2.23. The third-order valence-electron chi connectivity index (χ3n) is 2.23. The van der Waals surface area contributed by atoms with E-state index in [1.54, 1.807) is 11.8 Å². The maximum atomic E-state index is 10.8. The molecule has 2 aromatic rings. The van der Waals surface area contributed by atoms with E-state index < -0.39 is 0 Å². The summed E-state index contributed by atoms with van der Waals surface area (Å²) in [4.78, 5) is 11.9. The number of benzene rings is 1. The van der Waals surface area contributed by atoms with E-state index in [0.717, 1.165) is 16.7 Å². The van der Waals surface area contributed by atoms with Crippen LogP contribution in [-0.4, -0.2) is 22.7 Å². The number of aldehydes is 1. The van der Waals surface area contributed by atoms with Crippen LogP contribution in [0.3, 0.4) is 0 Å². The normalized spacial score (nSPS) is 10.4. The fraction of sp³-hybridized carbons (Fsp3) is 0.0909. The van der Waals surface area contributed by atoms with Gasteiger partial charge in [0.1, 0.15) is 0 Å². The van der Waals surface area contributed by atoms with Crippen LogP contribution < -0.4 is 0 Å². The largest absolute Gasteiger partial charge is 0.298 e. The molecule has 0 aliphatic heterocycles. The summed E-state index contributed by atoms with van der Waals surface area (Å²) in [6.07, 6.45) is 4.26. The molecule has 5 heteroatoms. The molecule has 16 heavy (non-hydrogen) atoms. The molecule has 0 amide bonds. The van der Waals surface area contributed by atoms with Crippen molar-refractivity contribution in [2.75, 3.05) is 6.26 Å². The van der Waals surface area contributed by atoms with Crippen LogP contribution in [0.2, 0.25) is 5.02 Å². The second kappa shape index (κ2) is 4.72. The number of aromatic amines is 1. The van der Waals surface area contributed by atoms with Crippen molar-refractivity contribution >= 4 is 29.6 Å². The summed E-state index contributed by atoms with van der Waals surface area (Å²) in [5.41, 5.74) is 2.15. The third-order valence-corrected chi connectivity index (χ3v) is 3.26. The van der Waals surface area contributed by atoms with Crippen molar-refractivity contribution in [1.29, 1.82) is 0 Å². The molecule has 0 radical (unpaired) electrons. The Kier molecular flexibility index (Phi) is 3.31. The molecule has 0 spiro atoms. The molecule has 0 unspecified atom stereocenters. The lowest BCUT2D eigenvalue weighted by Crippen LogP contribution is -1.87. The van der Waals surface area contributed by atoms with Crippen molar-refractivity contribution in [1.82, 2.24) is 10.2 Å². The van der Waals surface area contributed by atoms with E-state index in [9.17, 15) is 4.79 Å². The van der Waals surface area contributed by atoms with Gasteiger partial charge >= 0.3 is 0 Å². The van der Waals surface area contributed by atoms with Crippen LogP contribution in [0.5, 0.6) is 0 Å². The molecular formula is C11H9ClN2OS. The summed E-state index contributed by atoms with van der Waals surface area (Å²) in [7, 11) is 0. The monoisotopic (exact) mass is 252 g/mol. The third kappa shape index (κ3) is 1.99. The summed E-state index contributed by atoms with van der Waals surface area (Å²) < 4.78 is 0. The van der Waals surface area contributed by atoms with Crippen LogP contribution in [0.1, 0.15) is 10.4 Å². The minimum absolute atomic E-state index is 0.539. The van der Waals surface area contributed by atoms with Gasteiger partial charge in [-0.3, -0.25) is 9.89 Å². The summed E-state index contributed by atoms with van der Waals surface area (Å²) >= 11 is 7.55. The average Bonchev–Trinajstić information content (AvgIpc) is 2.76. The molecule has 0 bridgehead atoms. The van der Waals surface area contributed by atoms with Crippen LogP contribution in [0, 0.1) is 0 Å². The molecule has 1 N–H and O–H groups in total. The molecule has 0 fully saturated rings. The van der Waals surface area contributed by atoms with E-state index in [1.807, 2.05) is 24.5 Å². The number of nitrogens with zero attached hydrogens (tertiary/aromatic N) is 1. The van der Waals surface area contributed by atoms with E-state index in [1.165, 1.54) is 6.20 Å². The van der Waals surface area contributed by atoms with Gasteiger partial charge in [-0.2, -0.15) is 5.10 Å². The van der Waals surface area contributed by atoms with Gasteiger partial charge in [0.15, 0.2) is 6.29 Å². The zero-order chi connectivity index (χ0) is 11.5. The number of carbonyl (C=O) groups is 1. The number of hydrogen-bond donors (Lipinski definition) is 1. The average molecular weight is 253 g/mol. The molecule has 1 aromatic heterocycles. The van der Waals surface area contributed by atoms with Crippen molar-refractivity contribution in [3.63, 3.8) is 0 Å². The highest BCUT2D eigenvalue weighted by Crippen LogP contribution is 2.32. The number of H-pyrrole nitrogens is 1. The van der Waals surface area contributed by atoms with Gasteiger partial charge in [-0.25, -0.2) is 0 Å². The summed E-state index contributed by atoms with van der Waals surface area (Å²) in [6, 6.07) is 5.58. The number of rotatable bonds is 3. The van der Waals surface area contributed by atoms with E-state index in [2.05, 4.69) is 10.2 Å². The molecular weight excluding hydrogens is 244 g/mol. The number of carbonyl (C=O) groups excluding carboxylic acids is 1. The number of aromatic nitrogens is 2. The first kappa shape index (κ1) is 11.2. The highest BCUT2D eigenvalue weighted by molar-refractivity contribution is 7.98.